The first kappa shape index (κ1) is 20.6. The van der Waals surface area contributed by atoms with Gasteiger partial charge in [-0.15, -0.1) is 0 Å². The van der Waals surface area contributed by atoms with Crippen molar-refractivity contribution in [3.05, 3.63) is 112 Å². The molecular weight excluding hydrogens is 418 g/mol. The molecule has 0 N–H and O–H groups in total. The Morgan fingerprint density at radius 1 is 0.735 bits per heavy atom. The molecule has 4 aromatic rings. The smallest absolute Gasteiger partial charge is 0.197 e. The Kier molecular flexibility index (Phi) is 4.40. The maximum Gasteiger partial charge on any atom is 0.197 e. The van der Waals surface area contributed by atoms with Crippen molar-refractivity contribution in [1.29, 1.82) is 0 Å². The number of hydrogen-bond acceptors (Lipinski definition) is 3. The van der Waals surface area contributed by atoms with Crippen LogP contribution < -0.4 is 4.90 Å². The van der Waals surface area contributed by atoms with E-state index in [0.717, 1.165) is 22.9 Å². The molecule has 4 aromatic carbocycles. The maximum atomic E-state index is 13.2. The molecule has 3 nitrogen and oxygen atoms in total. The lowest BCUT2D eigenvalue weighted by Crippen LogP contribution is -2.32. The molecule has 0 spiro atoms. The summed E-state index contributed by atoms with van der Waals surface area (Å²) in [5, 5.41) is 1.94. The molecule has 1 aliphatic carbocycles. The minimum absolute atomic E-state index is 0.191. The van der Waals surface area contributed by atoms with Gasteiger partial charge in [0.15, 0.2) is 11.6 Å². The van der Waals surface area contributed by atoms with Gasteiger partial charge in [0, 0.05) is 34.5 Å². The van der Waals surface area contributed by atoms with Crippen molar-refractivity contribution in [2.45, 2.75) is 26.2 Å². The maximum absolute atomic E-state index is 13.2. The fraction of sp³-hybridized carbons (Fsp3) is 0.161. The highest BCUT2D eigenvalue weighted by Gasteiger charge is 2.36. The van der Waals surface area contributed by atoms with Gasteiger partial charge >= 0.3 is 0 Å². The van der Waals surface area contributed by atoms with E-state index < -0.39 is 0 Å². The van der Waals surface area contributed by atoms with Gasteiger partial charge < -0.3 is 4.90 Å². The summed E-state index contributed by atoms with van der Waals surface area (Å²) in [6, 6.07) is 26.3. The standard InChI is InChI=1S/C31H25NO2/c1-4-32-27-12-8-7-11-25(27)31(2,3)26-16-19(13-14-28(26)32)15-24-29(33)22-17-20-9-5-6-10-21(20)18-23(22)30(24)34/h5-18H,4H2,1-3H3. The van der Waals surface area contributed by atoms with Gasteiger partial charge in [-0.25, -0.2) is 0 Å². The van der Waals surface area contributed by atoms with Gasteiger partial charge in [0.1, 0.15) is 0 Å². The molecule has 0 aromatic heterocycles. The number of hydrogen-bond donors (Lipinski definition) is 0. The van der Waals surface area contributed by atoms with E-state index in [4.69, 9.17) is 0 Å². The van der Waals surface area contributed by atoms with Gasteiger partial charge in [-0.3, -0.25) is 9.59 Å². The van der Waals surface area contributed by atoms with Gasteiger partial charge in [-0.1, -0.05) is 62.4 Å². The number of anilines is 2. The molecule has 0 unspecified atom stereocenters. The second-order valence-electron chi connectivity index (χ2n) is 9.62. The largest absolute Gasteiger partial charge is 0.341 e. The summed E-state index contributed by atoms with van der Waals surface area (Å²) in [6.45, 7) is 7.50. The van der Waals surface area contributed by atoms with Crippen LogP contribution in [-0.2, 0) is 5.41 Å². The lowest BCUT2D eigenvalue weighted by Gasteiger charge is -2.41. The lowest BCUT2D eigenvalue weighted by molar-refractivity contribution is 0.0990. The Morgan fingerprint density at radius 3 is 1.97 bits per heavy atom. The summed E-state index contributed by atoms with van der Waals surface area (Å²) >= 11 is 0. The molecule has 6 rings (SSSR count). The zero-order chi connectivity index (χ0) is 23.6. The SMILES string of the molecule is CCN1c2ccccc2C(C)(C)c2cc(C=C3C(=O)c4cc5ccccc5cc4C3=O)ccc21. The van der Waals surface area contributed by atoms with Crippen LogP contribution in [0.4, 0.5) is 11.4 Å². The Balaban J connectivity index is 1.46. The van der Waals surface area contributed by atoms with Gasteiger partial charge in [0.25, 0.3) is 0 Å². The third-order valence-corrected chi connectivity index (χ3v) is 7.34. The predicted octanol–water partition coefficient (Wildman–Crippen LogP) is 7.10. The predicted molar refractivity (Wildman–Crippen MR) is 138 cm³/mol. The second-order valence-corrected chi connectivity index (χ2v) is 9.62. The van der Waals surface area contributed by atoms with Crippen LogP contribution in [0.25, 0.3) is 16.8 Å². The number of carbonyl (C=O) groups excluding carboxylic acids is 2. The number of ketones is 2. The van der Waals surface area contributed by atoms with Gasteiger partial charge in [0.2, 0.25) is 0 Å². The summed E-state index contributed by atoms with van der Waals surface area (Å²) in [7, 11) is 0. The Bertz CT molecular complexity index is 1500. The minimum atomic E-state index is -0.198. The molecule has 0 radical (unpaired) electrons. The third-order valence-electron chi connectivity index (χ3n) is 7.34. The van der Waals surface area contributed by atoms with Crippen molar-refractivity contribution in [1.82, 2.24) is 0 Å². The molecule has 34 heavy (non-hydrogen) atoms. The van der Waals surface area contributed by atoms with Crippen molar-refractivity contribution < 1.29 is 9.59 Å². The van der Waals surface area contributed by atoms with E-state index in [2.05, 4.69) is 62.1 Å². The van der Waals surface area contributed by atoms with E-state index in [1.165, 1.54) is 22.5 Å². The number of allylic oxidation sites excluding steroid dienone is 1. The van der Waals surface area contributed by atoms with E-state index in [1.54, 1.807) is 6.08 Å². The molecule has 0 amide bonds. The van der Waals surface area contributed by atoms with Crippen molar-refractivity contribution in [2.24, 2.45) is 0 Å². The van der Waals surface area contributed by atoms with E-state index >= 15 is 0 Å². The first-order valence-electron chi connectivity index (χ1n) is 11.8. The number of nitrogens with zero attached hydrogens (tertiary/aromatic N) is 1. The average Bonchev–Trinajstić information content (AvgIpc) is 3.07. The number of rotatable bonds is 2. The fourth-order valence-electron chi connectivity index (χ4n) is 5.54. The number of para-hydroxylation sites is 1. The van der Waals surface area contributed by atoms with Crippen LogP contribution in [0.2, 0.25) is 0 Å². The number of Topliss-reactive ketones (excluding diaryl/α,β-unsaturated/α-hetero) is 2. The monoisotopic (exact) mass is 443 g/mol. The van der Waals surface area contributed by atoms with Crippen LogP contribution in [0, 0.1) is 0 Å². The molecule has 3 heteroatoms. The first-order chi connectivity index (χ1) is 16.4. The highest BCUT2D eigenvalue weighted by atomic mass is 16.2. The molecule has 1 heterocycles. The van der Waals surface area contributed by atoms with Gasteiger partial charge in [-0.05, 0) is 70.8 Å². The lowest BCUT2D eigenvalue weighted by atomic mass is 9.73. The quantitative estimate of drug-likeness (QED) is 0.245. The molecule has 2 aliphatic rings. The van der Waals surface area contributed by atoms with Crippen molar-refractivity contribution >= 4 is 39.8 Å². The number of fused-ring (bicyclic) bond motifs is 4. The molecular formula is C31H25NO2. The van der Waals surface area contributed by atoms with E-state index in [0.29, 0.717) is 11.1 Å². The van der Waals surface area contributed by atoms with Crippen LogP contribution >= 0.6 is 0 Å². The zero-order valence-electron chi connectivity index (χ0n) is 19.6. The first-order valence-corrected chi connectivity index (χ1v) is 11.8. The average molecular weight is 444 g/mol. The third kappa shape index (κ3) is 2.83. The number of benzene rings is 4. The van der Waals surface area contributed by atoms with Crippen LogP contribution in [0.1, 0.15) is 58.2 Å². The van der Waals surface area contributed by atoms with Crippen molar-refractivity contribution in [2.75, 3.05) is 11.4 Å². The molecule has 0 fully saturated rings. The highest BCUT2D eigenvalue weighted by molar-refractivity contribution is 6.42. The molecule has 0 saturated carbocycles. The second kappa shape index (κ2) is 7.26. The normalized spacial score (nSPS) is 15.9. The fourth-order valence-corrected chi connectivity index (χ4v) is 5.54. The molecule has 0 atom stereocenters. The Hall–Kier alpha value is -3.98. The summed E-state index contributed by atoms with van der Waals surface area (Å²) in [5.74, 6) is -0.383. The highest BCUT2D eigenvalue weighted by Crippen LogP contribution is 2.49. The van der Waals surface area contributed by atoms with Crippen LogP contribution in [0.3, 0.4) is 0 Å². The molecule has 0 saturated heterocycles. The summed E-state index contributed by atoms with van der Waals surface area (Å²) in [6.07, 6.45) is 1.77. The Labute approximate surface area is 199 Å². The Morgan fingerprint density at radius 2 is 1.32 bits per heavy atom. The van der Waals surface area contributed by atoms with E-state index in [-0.39, 0.29) is 22.6 Å². The van der Waals surface area contributed by atoms with Crippen LogP contribution in [0.5, 0.6) is 0 Å². The minimum Gasteiger partial charge on any atom is -0.341 e. The molecule has 166 valence electrons. The topological polar surface area (TPSA) is 37.4 Å². The van der Waals surface area contributed by atoms with Crippen molar-refractivity contribution in [3.8, 4) is 0 Å². The zero-order valence-corrected chi connectivity index (χ0v) is 19.6. The van der Waals surface area contributed by atoms with E-state index in [1.807, 2.05) is 42.5 Å². The van der Waals surface area contributed by atoms with Crippen LogP contribution in [0.15, 0.2) is 84.4 Å². The van der Waals surface area contributed by atoms with Crippen molar-refractivity contribution in [3.63, 3.8) is 0 Å². The molecule has 1 aliphatic heterocycles. The van der Waals surface area contributed by atoms with Gasteiger partial charge in [-0.2, -0.15) is 0 Å². The summed E-state index contributed by atoms with van der Waals surface area (Å²) < 4.78 is 0. The van der Waals surface area contributed by atoms with Gasteiger partial charge in [0.05, 0.1) is 5.57 Å². The van der Waals surface area contributed by atoms with Crippen LogP contribution in [-0.4, -0.2) is 18.1 Å². The molecule has 0 bridgehead atoms. The summed E-state index contributed by atoms with van der Waals surface area (Å²) in [5.41, 5.74) is 6.80. The number of carbonyl (C=O) groups is 2. The van der Waals surface area contributed by atoms with E-state index in [9.17, 15) is 9.59 Å². The summed E-state index contributed by atoms with van der Waals surface area (Å²) in [4.78, 5) is 28.8.